The van der Waals surface area contributed by atoms with E-state index >= 15 is 0 Å². The molecule has 0 aliphatic carbocycles. The van der Waals surface area contributed by atoms with Gasteiger partial charge in [-0.2, -0.15) is 0 Å². The van der Waals surface area contributed by atoms with E-state index < -0.39 is 0 Å². The zero-order chi connectivity index (χ0) is 12.4. The van der Waals surface area contributed by atoms with E-state index in [4.69, 9.17) is 11.6 Å². The van der Waals surface area contributed by atoms with Crippen molar-refractivity contribution < 1.29 is 0 Å². The Hall–Kier alpha value is -1.86. The van der Waals surface area contributed by atoms with Gasteiger partial charge < -0.3 is 0 Å². The second-order valence-corrected chi connectivity index (χ2v) is 4.69. The number of pyridine rings is 1. The van der Waals surface area contributed by atoms with Crippen molar-refractivity contribution in [1.29, 1.82) is 0 Å². The number of aromatic nitrogens is 1. The van der Waals surface area contributed by atoms with E-state index in [1.165, 1.54) is 16.5 Å². The Balaban J connectivity index is 2.10. The Morgan fingerprint density at radius 3 is 2.33 bits per heavy atom. The van der Waals surface area contributed by atoms with Gasteiger partial charge in [-0.1, -0.05) is 41.9 Å². The minimum absolute atomic E-state index is 0.809. The highest BCUT2D eigenvalue weighted by molar-refractivity contribution is 6.35. The van der Waals surface area contributed by atoms with Crippen molar-refractivity contribution in [2.24, 2.45) is 0 Å². The van der Waals surface area contributed by atoms with Crippen LogP contribution in [0.1, 0.15) is 11.1 Å². The molecule has 1 heterocycles. The summed E-state index contributed by atoms with van der Waals surface area (Å²) in [5.41, 5.74) is 2.55. The highest BCUT2D eigenvalue weighted by atomic mass is 35.5. The normalized spacial score (nSPS) is 10.7. The van der Waals surface area contributed by atoms with Gasteiger partial charge in [0.25, 0.3) is 0 Å². The van der Waals surface area contributed by atoms with Crippen LogP contribution in [0.2, 0.25) is 5.02 Å². The maximum atomic E-state index is 6.22. The lowest BCUT2D eigenvalue weighted by Gasteiger charge is -2.08. The van der Waals surface area contributed by atoms with E-state index in [-0.39, 0.29) is 0 Å². The van der Waals surface area contributed by atoms with E-state index in [9.17, 15) is 0 Å². The Labute approximate surface area is 111 Å². The van der Waals surface area contributed by atoms with Gasteiger partial charge in [0.2, 0.25) is 0 Å². The molecule has 88 valence electrons. The molecule has 0 unspecified atom stereocenters. The quantitative estimate of drug-likeness (QED) is 0.656. The molecule has 0 radical (unpaired) electrons. The molecule has 0 spiro atoms. The summed E-state index contributed by atoms with van der Waals surface area (Å²) in [7, 11) is 0. The standard InChI is InChI=1S/C16H12ClN/c17-16-6-5-13(11-12-7-9-18-10-8-12)14-3-1-2-4-15(14)16/h1-10H,11H2. The fourth-order valence-corrected chi connectivity index (χ4v) is 2.43. The Morgan fingerprint density at radius 2 is 1.56 bits per heavy atom. The topological polar surface area (TPSA) is 12.9 Å². The molecule has 2 heteroatoms. The average Bonchev–Trinajstić information content (AvgIpc) is 2.44. The van der Waals surface area contributed by atoms with Gasteiger partial charge in [0.1, 0.15) is 0 Å². The largest absolute Gasteiger partial charge is 0.265 e. The monoisotopic (exact) mass is 253 g/mol. The molecule has 0 fully saturated rings. The number of benzene rings is 2. The Bertz CT molecular complexity index is 677. The maximum Gasteiger partial charge on any atom is 0.0484 e. The summed E-state index contributed by atoms with van der Waals surface area (Å²) in [5, 5.41) is 3.15. The van der Waals surface area contributed by atoms with Crippen LogP contribution in [0.15, 0.2) is 60.9 Å². The van der Waals surface area contributed by atoms with Crippen molar-refractivity contribution in [3.05, 3.63) is 77.1 Å². The van der Waals surface area contributed by atoms with Gasteiger partial charge >= 0.3 is 0 Å². The summed E-state index contributed by atoms with van der Waals surface area (Å²) in [6.07, 6.45) is 4.56. The molecule has 0 saturated carbocycles. The average molecular weight is 254 g/mol. The molecule has 18 heavy (non-hydrogen) atoms. The van der Waals surface area contributed by atoms with Crippen molar-refractivity contribution in [3.63, 3.8) is 0 Å². The fraction of sp³-hybridized carbons (Fsp3) is 0.0625. The summed E-state index contributed by atoms with van der Waals surface area (Å²) in [4.78, 5) is 4.04. The predicted octanol–water partition coefficient (Wildman–Crippen LogP) is 4.48. The summed E-state index contributed by atoms with van der Waals surface area (Å²) < 4.78 is 0. The maximum absolute atomic E-state index is 6.22. The molecule has 0 N–H and O–H groups in total. The van der Waals surface area contributed by atoms with Crippen LogP contribution in [0.25, 0.3) is 10.8 Å². The molecule has 0 saturated heterocycles. The zero-order valence-corrected chi connectivity index (χ0v) is 10.6. The summed E-state index contributed by atoms with van der Waals surface area (Å²) in [6.45, 7) is 0. The van der Waals surface area contributed by atoms with Crippen LogP contribution in [0, 0.1) is 0 Å². The van der Waals surface area contributed by atoms with Crippen LogP contribution >= 0.6 is 11.6 Å². The van der Waals surface area contributed by atoms with Crippen molar-refractivity contribution >= 4 is 22.4 Å². The minimum Gasteiger partial charge on any atom is -0.265 e. The van der Waals surface area contributed by atoms with E-state index in [1.807, 2.05) is 36.7 Å². The molecule has 0 aliphatic rings. The third-order valence-corrected chi connectivity index (χ3v) is 3.43. The number of nitrogens with zero attached hydrogens (tertiary/aromatic N) is 1. The van der Waals surface area contributed by atoms with Crippen LogP contribution < -0.4 is 0 Å². The lowest BCUT2D eigenvalue weighted by molar-refractivity contribution is 1.18. The second kappa shape index (κ2) is 4.79. The van der Waals surface area contributed by atoms with Crippen molar-refractivity contribution in [3.8, 4) is 0 Å². The fourth-order valence-electron chi connectivity index (χ4n) is 2.20. The number of hydrogen-bond donors (Lipinski definition) is 0. The first-order valence-corrected chi connectivity index (χ1v) is 6.27. The third kappa shape index (κ3) is 2.09. The van der Waals surface area contributed by atoms with Gasteiger partial charge in [-0.05, 0) is 41.1 Å². The number of rotatable bonds is 2. The number of hydrogen-bond acceptors (Lipinski definition) is 1. The van der Waals surface area contributed by atoms with E-state index in [0.29, 0.717) is 0 Å². The highest BCUT2D eigenvalue weighted by Crippen LogP contribution is 2.27. The van der Waals surface area contributed by atoms with Gasteiger partial charge in [0.05, 0.1) is 0 Å². The van der Waals surface area contributed by atoms with Crippen molar-refractivity contribution in [2.75, 3.05) is 0 Å². The molecule has 0 bridgehead atoms. The second-order valence-electron chi connectivity index (χ2n) is 4.28. The van der Waals surface area contributed by atoms with Gasteiger partial charge in [-0.3, -0.25) is 4.98 Å². The van der Waals surface area contributed by atoms with Crippen LogP contribution in [0.3, 0.4) is 0 Å². The predicted molar refractivity (Wildman–Crippen MR) is 76.0 cm³/mol. The molecule has 3 rings (SSSR count). The van der Waals surface area contributed by atoms with Gasteiger partial charge in [0, 0.05) is 22.8 Å². The van der Waals surface area contributed by atoms with Crippen LogP contribution in [-0.2, 0) is 6.42 Å². The van der Waals surface area contributed by atoms with Gasteiger partial charge in [-0.15, -0.1) is 0 Å². The molecular formula is C16H12ClN. The van der Waals surface area contributed by atoms with E-state index in [0.717, 1.165) is 16.8 Å². The molecule has 0 aliphatic heterocycles. The first kappa shape index (κ1) is 11.2. The van der Waals surface area contributed by atoms with E-state index in [2.05, 4.69) is 29.2 Å². The summed E-state index contributed by atoms with van der Waals surface area (Å²) in [6, 6.07) is 16.4. The summed E-state index contributed by atoms with van der Waals surface area (Å²) in [5.74, 6) is 0. The summed E-state index contributed by atoms with van der Waals surface area (Å²) >= 11 is 6.22. The molecule has 1 nitrogen and oxygen atoms in total. The van der Waals surface area contributed by atoms with Crippen molar-refractivity contribution in [2.45, 2.75) is 6.42 Å². The van der Waals surface area contributed by atoms with Crippen LogP contribution in [-0.4, -0.2) is 4.98 Å². The molecule has 0 amide bonds. The van der Waals surface area contributed by atoms with E-state index in [1.54, 1.807) is 0 Å². The minimum atomic E-state index is 0.809. The zero-order valence-electron chi connectivity index (χ0n) is 9.81. The Kier molecular flexibility index (Phi) is 2.99. The van der Waals surface area contributed by atoms with Crippen molar-refractivity contribution in [1.82, 2.24) is 4.98 Å². The Morgan fingerprint density at radius 1 is 0.833 bits per heavy atom. The van der Waals surface area contributed by atoms with Crippen LogP contribution in [0.4, 0.5) is 0 Å². The lowest BCUT2D eigenvalue weighted by atomic mass is 9.99. The molecule has 1 aromatic heterocycles. The third-order valence-electron chi connectivity index (χ3n) is 3.11. The molecule has 3 aromatic rings. The van der Waals surface area contributed by atoms with Gasteiger partial charge in [0.15, 0.2) is 0 Å². The first-order chi connectivity index (χ1) is 8.84. The smallest absolute Gasteiger partial charge is 0.0484 e. The lowest BCUT2D eigenvalue weighted by Crippen LogP contribution is -1.90. The van der Waals surface area contributed by atoms with Gasteiger partial charge in [-0.25, -0.2) is 0 Å². The number of fused-ring (bicyclic) bond motifs is 1. The molecule has 2 aromatic carbocycles. The first-order valence-electron chi connectivity index (χ1n) is 5.89. The SMILES string of the molecule is Clc1ccc(Cc2ccncc2)c2ccccc12. The number of halogens is 1. The molecule has 0 atom stereocenters. The van der Waals surface area contributed by atoms with Crippen LogP contribution in [0.5, 0.6) is 0 Å². The molecular weight excluding hydrogens is 242 g/mol. The highest BCUT2D eigenvalue weighted by Gasteiger charge is 2.04.